The SMILES string of the molecule is Cc1nc(Cl)oc1C(=O)O. The number of carboxylic acids is 1. The highest BCUT2D eigenvalue weighted by atomic mass is 35.5. The highest BCUT2D eigenvalue weighted by molar-refractivity contribution is 6.27. The van der Waals surface area contributed by atoms with E-state index in [9.17, 15) is 4.79 Å². The first kappa shape index (κ1) is 7.08. The lowest BCUT2D eigenvalue weighted by Gasteiger charge is -1.83. The second-order valence-electron chi connectivity index (χ2n) is 1.69. The summed E-state index contributed by atoms with van der Waals surface area (Å²) in [5.74, 6) is -1.36. The molecule has 0 aromatic carbocycles. The maximum Gasteiger partial charge on any atom is 0.373 e. The summed E-state index contributed by atoms with van der Waals surface area (Å²) in [6.45, 7) is 1.51. The molecule has 1 rings (SSSR count). The fourth-order valence-corrected chi connectivity index (χ4v) is 0.766. The van der Waals surface area contributed by atoms with Crippen LogP contribution in [0, 0.1) is 6.92 Å². The van der Waals surface area contributed by atoms with Gasteiger partial charge in [0.05, 0.1) is 5.69 Å². The molecule has 5 heteroatoms. The normalized spacial score (nSPS) is 9.80. The van der Waals surface area contributed by atoms with Crippen LogP contribution >= 0.6 is 11.6 Å². The minimum absolute atomic E-state index is 0.144. The Bertz CT molecular complexity index is 268. The zero-order chi connectivity index (χ0) is 7.72. The summed E-state index contributed by atoms with van der Waals surface area (Å²) in [7, 11) is 0. The van der Waals surface area contributed by atoms with Crippen molar-refractivity contribution in [2.24, 2.45) is 0 Å². The number of aromatic nitrogens is 1. The molecule has 0 aliphatic heterocycles. The van der Waals surface area contributed by atoms with Crippen LogP contribution in [0.2, 0.25) is 5.35 Å². The van der Waals surface area contributed by atoms with Crippen molar-refractivity contribution in [1.82, 2.24) is 4.98 Å². The Morgan fingerprint density at radius 2 is 2.40 bits per heavy atom. The molecule has 1 aromatic rings. The molecule has 0 spiro atoms. The average molecular weight is 162 g/mol. The Labute approximate surface area is 61.4 Å². The maximum atomic E-state index is 10.2. The fourth-order valence-electron chi connectivity index (χ4n) is 0.562. The highest BCUT2D eigenvalue weighted by Crippen LogP contribution is 2.13. The van der Waals surface area contributed by atoms with Crippen LogP contribution in [0.3, 0.4) is 0 Å². The second-order valence-corrected chi connectivity index (χ2v) is 2.01. The molecule has 1 aromatic heterocycles. The second kappa shape index (κ2) is 2.30. The average Bonchev–Trinajstić information content (AvgIpc) is 2.10. The number of carboxylic acid groups (broad SMARTS) is 1. The summed E-state index contributed by atoms with van der Waals surface area (Å²) >= 11 is 5.27. The molecule has 0 amide bonds. The Morgan fingerprint density at radius 3 is 2.60 bits per heavy atom. The minimum atomic E-state index is -1.16. The Morgan fingerprint density at radius 1 is 1.80 bits per heavy atom. The Balaban J connectivity index is 3.15. The van der Waals surface area contributed by atoms with E-state index in [0.29, 0.717) is 0 Å². The van der Waals surface area contributed by atoms with Crippen molar-refractivity contribution in [2.45, 2.75) is 6.92 Å². The van der Waals surface area contributed by atoms with Gasteiger partial charge in [0.2, 0.25) is 5.76 Å². The van der Waals surface area contributed by atoms with E-state index >= 15 is 0 Å². The van der Waals surface area contributed by atoms with Crippen molar-refractivity contribution in [1.29, 1.82) is 0 Å². The zero-order valence-electron chi connectivity index (χ0n) is 5.09. The fraction of sp³-hybridized carbons (Fsp3) is 0.200. The number of rotatable bonds is 1. The van der Waals surface area contributed by atoms with Gasteiger partial charge in [0.15, 0.2) is 0 Å². The van der Waals surface area contributed by atoms with E-state index in [1.807, 2.05) is 0 Å². The van der Waals surface area contributed by atoms with Gasteiger partial charge in [-0.15, -0.1) is 0 Å². The van der Waals surface area contributed by atoms with Gasteiger partial charge in [0.25, 0.3) is 5.35 Å². The van der Waals surface area contributed by atoms with Crippen molar-refractivity contribution in [3.8, 4) is 0 Å². The zero-order valence-corrected chi connectivity index (χ0v) is 5.84. The van der Waals surface area contributed by atoms with Gasteiger partial charge in [0.1, 0.15) is 0 Å². The van der Waals surface area contributed by atoms with Crippen LogP contribution in [0.15, 0.2) is 4.42 Å². The van der Waals surface area contributed by atoms with E-state index in [0.717, 1.165) is 0 Å². The monoisotopic (exact) mass is 161 g/mol. The molecule has 0 aliphatic carbocycles. The number of oxazole rings is 1. The van der Waals surface area contributed by atoms with Gasteiger partial charge in [-0.1, -0.05) is 0 Å². The first-order valence-electron chi connectivity index (χ1n) is 2.47. The minimum Gasteiger partial charge on any atom is -0.475 e. The van der Waals surface area contributed by atoms with Crippen LogP contribution in [0.25, 0.3) is 0 Å². The number of carbonyl (C=O) groups is 1. The number of hydrogen-bond donors (Lipinski definition) is 1. The molecular formula is C5H4ClNO3. The first-order valence-corrected chi connectivity index (χ1v) is 2.85. The maximum absolute atomic E-state index is 10.2. The van der Waals surface area contributed by atoms with Gasteiger partial charge >= 0.3 is 5.97 Å². The standard InChI is InChI=1S/C5H4ClNO3/c1-2-3(4(8)9)10-5(6)7-2/h1H3,(H,8,9). The topological polar surface area (TPSA) is 63.3 Å². The molecule has 0 atom stereocenters. The predicted molar refractivity (Wildman–Crippen MR) is 33.2 cm³/mol. The predicted octanol–water partition coefficient (Wildman–Crippen LogP) is 1.33. The van der Waals surface area contributed by atoms with Crippen LogP contribution in [-0.4, -0.2) is 16.1 Å². The van der Waals surface area contributed by atoms with Crippen molar-refractivity contribution >= 4 is 17.6 Å². The smallest absolute Gasteiger partial charge is 0.373 e. The summed E-state index contributed by atoms with van der Waals surface area (Å²) < 4.78 is 4.53. The van der Waals surface area contributed by atoms with Gasteiger partial charge in [-0.2, -0.15) is 0 Å². The Hall–Kier alpha value is -1.03. The van der Waals surface area contributed by atoms with E-state index in [1.165, 1.54) is 6.92 Å². The molecule has 54 valence electrons. The quantitative estimate of drug-likeness (QED) is 0.675. The van der Waals surface area contributed by atoms with E-state index in [-0.39, 0.29) is 16.8 Å². The highest BCUT2D eigenvalue weighted by Gasteiger charge is 2.14. The lowest BCUT2D eigenvalue weighted by molar-refractivity contribution is 0.0661. The third-order valence-electron chi connectivity index (χ3n) is 0.965. The lowest BCUT2D eigenvalue weighted by atomic mass is 10.4. The van der Waals surface area contributed by atoms with Gasteiger partial charge in [-0.05, 0) is 18.5 Å². The molecule has 0 bridgehead atoms. The van der Waals surface area contributed by atoms with E-state index in [1.54, 1.807) is 0 Å². The molecule has 0 fully saturated rings. The van der Waals surface area contributed by atoms with Crippen molar-refractivity contribution in [2.75, 3.05) is 0 Å². The molecule has 0 saturated carbocycles. The van der Waals surface area contributed by atoms with Crippen LogP contribution < -0.4 is 0 Å². The van der Waals surface area contributed by atoms with Crippen LogP contribution in [0.4, 0.5) is 0 Å². The van der Waals surface area contributed by atoms with E-state index < -0.39 is 5.97 Å². The molecule has 0 unspecified atom stereocenters. The Kier molecular flexibility index (Phi) is 1.63. The largest absolute Gasteiger partial charge is 0.475 e. The van der Waals surface area contributed by atoms with E-state index in [4.69, 9.17) is 16.7 Å². The van der Waals surface area contributed by atoms with Crippen LogP contribution in [0.5, 0.6) is 0 Å². The van der Waals surface area contributed by atoms with Crippen LogP contribution in [0.1, 0.15) is 16.2 Å². The lowest BCUT2D eigenvalue weighted by Crippen LogP contribution is -1.95. The summed E-state index contributed by atoms with van der Waals surface area (Å²) in [6, 6.07) is 0. The van der Waals surface area contributed by atoms with Crippen molar-refractivity contribution < 1.29 is 14.3 Å². The number of halogens is 1. The molecule has 0 aliphatic rings. The molecule has 10 heavy (non-hydrogen) atoms. The third-order valence-corrected chi connectivity index (χ3v) is 1.13. The van der Waals surface area contributed by atoms with E-state index in [2.05, 4.69) is 9.40 Å². The summed E-state index contributed by atoms with van der Waals surface area (Å²) in [5.41, 5.74) is 0.289. The third kappa shape index (κ3) is 1.11. The molecule has 0 radical (unpaired) electrons. The van der Waals surface area contributed by atoms with Crippen molar-refractivity contribution in [3.05, 3.63) is 16.8 Å². The number of hydrogen-bond acceptors (Lipinski definition) is 3. The number of nitrogens with zero attached hydrogens (tertiary/aromatic N) is 1. The molecule has 4 nitrogen and oxygen atoms in total. The summed E-state index contributed by atoms with van der Waals surface area (Å²) in [6.07, 6.45) is 0. The van der Waals surface area contributed by atoms with Crippen LogP contribution in [-0.2, 0) is 0 Å². The van der Waals surface area contributed by atoms with Gasteiger partial charge in [-0.3, -0.25) is 0 Å². The van der Waals surface area contributed by atoms with Gasteiger partial charge in [0, 0.05) is 0 Å². The van der Waals surface area contributed by atoms with Gasteiger partial charge in [-0.25, -0.2) is 9.78 Å². The first-order chi connectivity index (χ1) is 4.61. The van der Waals surface area contributed by atoms with Gasteiger partial charge < -0.3 is 9.52 Å². The molecule has 1 N–H and O–H groups in total. The summed E-state index contributed by atoms with van der Waals surface area (Å²) in [4.78, 5) is 13.8. The molecule has 0 saturated heterocycles. The summed E-state index contributed by atoms with van der Waals surface area (Å²) in [5, 5.41) is 8.24. The molecule has 1 heterocycles. The number of aryl methyl sites for hydroxylation is 1. The molecular weight excluding hydrogens is 158 g/mol. The number of aromatic carboxylic acids is 1. The van der Waals surface area contributed by atoms with Crippen molar-refractivity contribution in [3.63, 3.8) is 0 Å².